The maximum Gasteiger partial charge on any atom is 0.0645 e. The van der Waals surface area contributed by atoms with Crippen LogP contribution >= 0.6 is 15.9 Å². The highest BCUT2D eigenvalue weighted by Crippen LogP contribution is 2.53. The normalized spacial score (nSPS) is 13.9. The summed E-state index contributed by atoms with van der Waals surface area (Å²) < 4.78 is 89.0. The number of aromatic nitrogens is 2. The number of anilines is 5. The SMILES string of the molecule is Brc1ccc(-c2cccc(-c3ccc4c(c3)c3c5ccccc5ccc3n4-c3ccccc3)c2)cc1.[2H]c1c([2H])c([2H])c(N(c2ccc(-c3cccc(-c4ccc5c(c4)c4c6ccccc6ccc4n5-c4ccccc4)c3)cc2)c2ccc3c(c2)C(C)(C)c2ccccc2-3)c([2H])c1[2H].[2H]c1c([2H])c([2H])c(Nc2ccc3c(c2)C(C)(C)c2ccccc2-3)c([2H])c1[2H]. The summed E-state index contributed by atoms with van der Waals surface area (Å²) in [6.07, 6.45) is 0. The molecule has 0 radical (unpaired) electrons. The standard InChI is InChI=1S/C55H40N2.C34H22BrN.C21H19N/c1-55(2)50-23-12-11-22-47(50)48-31-30-45(36-51(48)55)56(42-17-5-3-6-18-42)44-28-24-37(25-29-44)39-15-13-16-40(34-39)41-27-32-52-49(35-41)54-46-21-10-9-14-38(46)26-33-53(54)57(52)43-19-7-4-8-20-43;35-28-17-13-23(14-18-28)25-8-6-9-26(21-25)27-16-19-32-31(22-27)34-30-12-5-4-7-24(30)15-20-33(34)36(32)29-10-2-1-3-11-29;1-21(2)19-11-7-6-10-17(19)18-13-12-16(14-20(18)21)22-15-8-4-3-5-9-15/h3-36H,1-2H3;1-22H;3-14,22H,1-2H3/i3D,5D,6D,17D,18D;;3D,4D,5D,8D,9D. The molecule has 4 nitrogen and oxygen atoms in total. The number of nitrogens with zero attached hydrogens (tertiary/aromatic N) is 3. The molecule has 2 aliphatic rings. The Hall–Kier alpha value is -13.8. The molecule has 0 atom stereocenters. The predicted molar refractivity (Wildman–Crippen MR) is 492 cm³/mol. The smallest absolute Gasteiger partial charge is 0.0645 e. The second kappa shape index (κ2) is 29.0. The van der Waals surface area contributed by atoms with Gasteiger partial charge in [-0.3, -0.25) is 0 Å². The van der Waals surface area contributed by atoms with Crippen molar-refractivity contribution in [3.05, 3.63) is 439 Å². The predicted octanol–water partition coefficient (Wildman–Crippen LogP) is 30.8. The average molecular weight is 1550 g/mol. The number of rotatable bonds is 11. The summed E-state index contributed by atoms with van der Waals surface area (Å²) in [7, 11) is 0. The van der Waals surface area contributed by atoms with Gasteiger partial charge in [-0.15, -0.1) is 0 Å². The van der Waals surface area contributed by atoms with Gasteiger partial charge in [0, 0.05) is 76.7 Å². The van der Waals surface area contributed by atoms with E-state index in [1.54, 1.807) is 0 Å². The molecule has 0 bridgehead atoms. The third kappa shape index (κ3) is 12.7. The molecule has 2 aromatic heterocycles. The summed E-state index contributed by atoms with van der Waals surface area (Å²) in [4.78, 5) is 1.81. The van der Waals surface area contributed by atoms with Crippen LogP contribution < -0.4 is 10.2 Å². The van der Waals surface area contributed by atoms with E-state index in [9.17, 15) is 0 Å². The van der Waals surface area contributed by atoms with Crippen LogP contribution in [0.5, 0.6) is 0 Å². The second-order valence-corrected chi connectivity index (χ2v) is 31.6. The van der Waals surface area contributed by atoms with Gasteiger partial charge in [0.25, 0.3) is 0 Å². The molecule has 5 heteroatoms. The molecule has 0 fully saturated rings. The van der Waals surface area contributed by atoms with Crippen molar-refractivity contribution in [3.8, 4) is 78.1 Å². The van der Waals surface area contributed by atoms with Crippen molar-refractivity contribution in [1.29, 1.82) is 0 Å². The Labute approximate surface area is 694 Å². The number of hydrogen-bond acceptors (Lipinski definition) is 2. The van der Waals surface area contributed by atoms with Gasteiger partial charge in [0.2, 0.25) is 0 Å². The Kier molecular flexibility index (Phi) is 15.1. The Bertz CT molecular complexity index is 7720. The van der Waals surface area contributed by atoms with E-state index in [1.807, 2.05) is 65.6 Å². The van der Waals surface area contributed by atoms with E-state index in [1.165, 1.54) is 115 Å². The highest BCUT2D eigenvalue weighted by Gasteiger charge is 2.37. The Balaban J connectivity index is 0.000000132. The molecule has 2 aliphatic carbocycles. The monoisotopic (exact) mass is 1550 g/mol. The lowest BCUT2D eigenvalue weighted by atomic mass is 9.82. The Morgan fingerprint density at radius 2 is 0.678 bits per heavy atom. The van der Waals surface area contributed by atoms with E-state index >= 15 is 0 Å². The molecule has 0 saturated heterocycles. The van der Waals surface area contributed by atoms with Gasteiger partial charge in [-0.2, -0.15) is 0 Å². The number of fused-ring (bicyclic) bond motifs is 16. The van der Waals surface area contributed by atoms with E-state index in [0.717, 1.165) is 60.3 Å². The van der Waals surface area contributed by atoms with Gasteiger partial charge < -0.3 is 19.4 Å². The molecule has 0 amide bonds. The van der Waals surface area contributed by atoms with Gasteiger partial charge in [0.15, 0.2) is 0 Å². The van der Waals surface area contributed by atoms with Gasteiger partial charge in [-0.25, -0.2) is 0 Å². The highest BCUT2D eigenvalue weighted by atomic mass is 79.9. The summed E-state index contributed by atoms with van der Waals surface area (Å²) in [5.74, 6) is 0. The van der Waals surface area contributed by atoms with Crippen molar-refractivity contribution in [2.75, 3.05) is 10.2 Å². The van der Waals surface area contributed by atoms with Crippen molar-refractivity contribution >= 4 is 110 Å². The lowest BCUT2D eigenvalue weighted by molar-refractivity contribution is 0.660. The van der Waals surface area contributed by atoms with Crippen LogP contribution in [0.3, 0.4) is 0 Å². The summed E-state index contributed by atoms with van der Waals surface area (Å²) >= 11 is 3.55. The molecule has 20 aromatic rings. The molecule has 115 heavy (non-hydrogen) atoms. The topological polar surface area (TPSA) is 25.1 Å². The number of para-hydroxylation sites is 4. The summed E-state index contributed by atoms with van der Waals surface area (Å²) in [6.45, 7) is 8.77. The fourth-order valence-corrected chi connectivity index (χ4v) is 17.9. The summed E-state index contributed by atoms with van der Waals surface area (Å²) in [5, 5.41) is 13.0. The largest absolute Gasteiger partial charge is 0.356 e. The average Bonchev–Trinajstić information content (AvgIpc) is 1.58. The van der Waals surface area contributed by atoms with Crippen LogP contribution in [0.4, 0.5) is 28.4 Å². The van der Waals surface area contributed by atoms with E-state index in [2.05, 4.69) is 349 Å². The lowest BCUT2D eigenvalue weighted by Gasteiger charge is -2.28. The quantitative estimate of drug-likeness (QED) is 0.140. The number of nitrogens with one attached hydrogen (secondary N) is 1. The van der Waals surface area contributed by atoms with Crippen molar-refractivity contribution in [2.24, 2.45) is 0 Å². The Morgan fingerprint density at radius 3 is 1.20 bits per heavy atom. The van der Waals surface area contributed by atoms with Gasteiger partial charge in [-0.1, -0.05) is 310 Å². The number of benzene rings is 18. The van der Waals surface area contributed by atoms with Gasteiger partial charge >= 0.3 is 0 Å². The van der Waals surface area contributed by atoms with Crippen molar-refractivity contribution in [2.45, 2.75) is 38.5 Å². The van der Waals surface area contributed by atoms with Crippen molar-refractivity contribution in [3.63, 3.8) is 0 Å². The zero-order chi connectivity index (χ0) is 86.0. The van der Waals surface area contributed by atoms with Crippen LogP contribution in [0.1, 0.15) is 63.7 Å². The minimum atomic E-state index is -0.418. The van der Waals surface area contributed by atoms with Crippen LogP contribution in [0, 0.1) is 0 Å². The molecule has 1 N–H and O–H groups in total. The van der Waals surface area contributed by atoms with E-state index in [0.29, 0.717) is 11.4 Å². The zero-order valence-corrected chi connectivity index (χ0v) is 65.3. The lowest BCUT2D eigenvalue weighted by Crippen LogP contribution is -2.16. The number of hydrogen-bond donors (Lipinski definition) is 1. The third-order valence-corrected chi connectivity index (χ3v) is 23.8. The van der Waals surface area contributed by atoms with E-state index < -0.39 is 6.04 Å². The molecule has 0 spiro atoms. The second-order valence-electron chi connectivity index (χ2n) is 30.6. The molecule has 2 heterocycles. The molecule has 548 valence electrons. The van der Waals surface area contributed by atoms with E-state index in [-0.39, 0.29) is 76.6 Å². The first-order valence-electron chi connectivity index (χ1n) is 43.9. The molecule has 18 aromatic carbocycles. The summed E-state index contributed by atoms with van der Waals surface area (Å²) in [6, 6.07) is 121. The van der Waals surface area contributed by atoms with E-state index in [4.69, 9.17) is 13.7 Å². The molecule has 0 saturated carbocycles. The van der Waals surface area contributed by atoms with Crippen molar-refractivity contribution < 1.29 is 13.7 Å². The fourth-order valence-electron chi connectivity index (χ4n) is 17.7. The highest BCUT2D eigenvalue weighted by molar-refractivity contribution is 9.10. The first-order chi connectivity index (χ1) is 60.6. The maximum absolute atomic E-state index is 9.05. The van der Waals surface area contributed by atoms with Crippen LogP contribution in [0.25, 0.3) is 143 Å². The number of halogens is 1. The first-order valence-corrected chi connectivity index (χ1v) is 39.7. The molecular formula is C110H81BrN4. The zero-order valence-electron chi connectivity index (χ0n) is 73.7. The summed E-state index contributed by atoms with van der Waals surface area (Å²) in [5.41, 5.74) is 27.5. The van der Waals surface area contributed by atoms with Crippen LogP contribution in [0.2, 0.25) is 0 Å². The Morgan fingerprint density at radius 1 is 0.278 bits per heavy atom. The van der Waals surface area contributed by atoms with Crippen LogP contribution in [0.15, 0.2) is 417 Å². The molecule has 0 unspecified atom stereocenters. The minimum absolute atomic E-state index is 0.0919. The maximum atomic E-state index is 9.05. The van der Waals surface area contributed by atoms with Gasteiger partial charge in [-0.05, 0) is 256 Å². The molecule has 22 rings (SSSR count). The minimum Gasteiger partial charge on any atom is -0.356 e. The van der Waals surface area contributed by atoms with Crippen LogP contribution in [-0.2, 0) is 10.8 Å². The fraction of sp³-hybridized carbons (Fsp3) is 0.0545. The third-order valence-electron chi connectivity index (χ3n) is 23.3. The first kappa shape index (κ1) is 59.9. The van der Waals surface area contributed by atoms with Gasteiger partial charge in [0.05, 0.1) is 35.8 Å². The molecular weight excluding hydrogens is 1460 g/mol. The van der Waals surface area contributed by atoms with Crippen molar-refractivity contribution in [1.82, 2.24) is 9.13 Å². The van der Waals surface area contributed by atoms with Gasteiger partial charge in [0.1, 0.15) is 0 Å². The van der Waals surface area contributed by atoms with Crippen LogP contribution in [-0.4, -0.2) is 9.13 Å². The molecule has 0 aliphatic heterocycles.